The van der Waals surface area contributed by atoms with Gasteiger partial charge in [-0.15, -0.1) is 0 Å². The highest BCUT2D eigenvalue weighted by atomic mass is 16.6. The van der Waals surface area contributed by atoms with Crippen LogP contribution in [0.1, 0.15) is 191 Å². The zero-order valence-electron chi connectivity index (χ0n) is 48.8. The van der Waals surface area contributed by atoms with Gasteiger partial charge in [0.25, 0.3) is 0 Å². The lowest BCUT2D eigenvalue weighted by Gasteiger charge is -2.34. The van der Waals surface area contributed by atoms with Crippen molar-refractivity contribution in [2.45, 2.75) is 246 Å². The molecule has 0 radical (unpaired) electrons. The van der Waals surface area contributed by atoms with E-state index >= 15 is 0 Å². The number of fused-ring (bicyclic) bond motifs is 3. The maximum Gasteiger partial charge on any atom is 0.311 e. The molecule has 9 aliphatic carbocycles. The van der Waals surface area contributed by atoms with E-state index in [-0.39, 0.29) is 101 Å². The standard InChI is InChI=1S/2C21H30O6.C20H28O6/c1-5-20(2,3)19(24)26-16-12-10-11-13(17(22)25-15(11)16)14(12)18(23)27-21(4)8-6-7-9-21;1-4-21(2,3)20(24)27-17-13-10-12-15(19(23)26-16(12)17)14(13)18(22)25-11-8-6-5-7-9-11;1-4-20(2,3)19(23)26-16-12-9-11-14(18(22)25-15(11)16)13(12)17(21)24-10-7-5-6-8-10/h11-16H,5-10H2,1-4H3;11-17H,4-10H2,1-3H3;10-16H,4-9H2,1-3H3. The normalized spacial score (nSPS) is 38.4. The highest BCUT2D eigenvalue weighted by molar-refractivity contribution is 5.89. The van der Waals surface area contributed by atoms with E-state index in [2.05, 4.69) is 0 Å². The predicted octanol–water partition coefficient (Wildman–Crippen LogP) is 8.66. The molecule has 3 heterocycles. The maximum absolute atomic E-state index is 13.0. The fourth-order valence-electron chi connectivity index (χ4n) is 15.9. The van der Waals surface area contributed by atoms with Crippen molar-refractivity contribution < 1.29 is 85.8 Å². The Morgan fingerprint density at radius 3 is 1.05 bits per heavy atom. The molecule has 0 N–H and O–H groups in total. The van der Waals surface area contributed by atoms with E-state index in [1.165, 1.54) is 6.42 Å². The Kier molecular flexibility index (Phi) is 16.1. The van der Waals surface area contributed by atoms with Gasteiger partial charge in [-0.3, -0.25) is 43.2 Å². The van der Waals surface area contributed by atoms with Crippen molar-refractivity contribution in [3.05, 3.63) is 0 Å². The molecular formula is C62H88O18. The summed E-state index contributed by atoms with van der Waals surface area (Å²) in [6.07, 6.45) is 14.1. The summed E-state index contributed by atoms with van der Waals surface area (Å²) in [6, 6.07) is 0. The minimum Gasteiger partial charge on any atom is -0.462 e. The van der Waals surface area contributed by atoms with Crippen molar-refractivity contribution in [2.24, 2.45) is 87.3 Å². The minimum absolute atomic E-state index is 0.0313. The van der Waals surface area contributed by atoms with Crippen LogP contribution in [0, 0.1) is 87.3 Å². The van der Waals surface area contributed by atoms with Gasteiger partial charge in [-0.2, -0.15) is 0 Å². The summed E-state index contributed by atoms with van der Waals surface area (Å²) in [5.41, 5.74) is -2.22. The zero-order valence-corrected chi connectivity index (χ0v) is 48.8. The SMILES string of the molecule is CCC(C)(C)C(=O)OC1C2CC3C1OC(=O)C3C2C(=O)OC1(C)CCCC1.CCC(C)(C)C(=O)OC1C2CC3C1OC(=O)C3C2C(=O)OC1CCCC1.CCC(C)(C)C(=O)OC1C2CC3C1OC(=O)C3C2C(=O)OC1CCCCC1. The third kappa shape index (κ3) is 10.4. The Labute approximate surface area is 470 Å². The summed E-state index contributed by atoms with van der Waals surface area (Å²) in [6.45, 7) is 18.9. The molecule has 12 aliphatic rings. The van der Waals surface area contributed by atoms with Crippen LogP contribution in [-0.4, -0.2) is 108 Å². The monoisotopic (exact) mass is 1120 g/mol. The lowest BCUT2D eigenvalue weighted by molar-refractivity contribution is -0.177. The molecule has 80 heavy (non-hydrogen) atoms. The van der Waals surface area contributed by atoms with Gasteiger partial charge in [0, 0.05) is 35.5 Å². The molecule has 0 spiro atoms. The number of hydrogen-bond donors (Lipinski definition) is 0. The first kappa shape index (κ1) is 58.4. The van der Waals surface area contributed by atoms with Crippen molar-refractivity contribution in [3.8, 4) is 0 Å². The minimum atomic E-state index is -0.600. The quantitative estimate of drug-likeness (QED) is 0.110. The summed E-state index contributed by atoms with van der Waals surface area (Å²) in [5.74, 6) is -6.34. The van der Waals surface area contributed by atoms with Crippen LogP contribution in [-0.2, 0) is 85.8 Å². The Bertz CT molecular complexity index is 2440. The van der Waals surface area contributed by atoms with Crippen molar-refractivity contribution in [2.75, 3.05) is 0 Å². The first-order valence-corrected chi connectivity index (χ1v) is 30.7. The van der Waals surface area contributed by atoms with Crippen LogP contribution in [0.15, 0.2) is 0 Å². The number of ether oxygens (including phenoxy) is 9. The first-order chi connectivity index (χ1) is 37.8. The van der Waals surface area contributed by atoms with E-state index in [1.807, 2.05) is 69.2 Å². The summed E-state index contributed by atoms with van der Waals surface area (Å²) in [5, 5.41) is 0. The van der Waals surface area contributed by atoms with Gasteiger partial charge in [-0.25, -0.2) is 0 Å². The van der Waals surface area contributed by atoms with Crippen LogP contribution < -0.4 is 0 Å². The van der Waals surface area contributed by atoms with Gasteiger partial charge >= 0.3 is 53.7 Å². The van der Waals surface area contributed by atoms with Crippen LogP contribution in [0.2, 0.25) is 0 Å². The number of carbonyl (C=O) groups is 9. The van der Waals surface area contributed by atoms with E-state index in [9.17, 15) is 43.2 Å². The van der Waals surface area contributed by atoms with E-state index in [1.54, 1.807) is 0 Å². The average Bonchev–Trinajstić information content (AvgIpc) is 4.31. The number of carbonyl (C=O) groups excluding carboxylic acids is 9. The molecule has 0 amide bonds. The third-order valence-corrected chi connectivity index (χ3v) is 21.9. The average molecular weight is 1120 g/mol. The second-order valence-corrected chi connectivity index (χ2v) is 28.0. The molecule has 9 saturated carbocycles. The molecule has 18 nitrogen and oxygen atoms in total. The zero-order chi connectivity index (χ0) is 57.5. The van der Waals surface area contributed by atoms with Gasteiger partial charge in [0.15, 0.2) is 0 Å². The van der Waals surface area contributed by atoms with Crippen LogP contribution in [0.4, 0.5) is 0 Å². The Hall–Kier alpha value is -4.77. The van der Waals surface area contributed by atoms with Gasteiger partial charge in [0.05, 0.1) is 51.8 Å². The number of hydrogen-bond acceptors (Lipinski definition) is 18. The summed E-state index contributed by atoms with van der Waals surface area (Å²) in [7, 11) is 0. The molecule has 444 valence electrons. The smallest absolute Gasteiger partial charge is 0.311 e. The Morgan fingerprint density at radius 2 is 0.738 bits per heavy atom. The van der Waals surface area contributed by atoms with Gasteiger partial charge in [0.1, 0.15) is 54.4 Å². The topological polar surface area (TPSA) is 237 Å². The van der Waals surface area contributed by atoms with Crippen molar-refractivity contribution in [3.63, 3.8) is 0 Å². The highest BCUT2D eigenvalue weighted by Gasteiger charge is 2.73. The van der Waals surface area contributed by atoms with Crippen molar-refractivity contribution in [1.82, 2.24) is 0 Å². The van der Waals surface area contributed by atoms with Crippen LogP contribution in [0.3, 0.4) is 0 Å². The molecule has 12 rings (SSSR count). The van der Waals surface area contributed by atoms with Crippen LogP contribution in [0.25, 0.3) is 0 Å². The molecule has 18 atom stereocenters. The third-order valence-electron chi connectivity index (χ3n) is 21.9. The molecule has 0 aromatic rings. The Balaban J connectivity index is 0.000000135. The van der Waals surface area contributed by atoms with E-state index < -0.39 is 94.0 Å². The van der Waals surface area contributed by atoms with Crippen molar-refractivity contribution >= 4 is 53.7 Å². The number of rotatable bonds is 15. The van der Waals surface area contributed by atoms with Crippen LogP contribution in [0.5, 0.6) is 0 Å². The molecule has 3 saturated heterocycles. The van der Waals surface area contributed by atoms with Gasteiger partial charge in [-0.1, -0.05) is 27.2 Å². The summed E-state index contributed by atoms with van der Waals surface area (Å²) in [4.78, 5) is 114. The van der Waals surface area contributed by atoms with Gasteiger partial charge in [-0.05, 0) is 164 Å². The summed E-state index contributed by atoms with van der Waals surface area (Å²) < 4.78 is 51.5. The molecule has 18 heteroatoms. The molecule has 12 fully saturated rings. The molecule has 0 aromatic carbocycles. The lowest BCUT2D eigenvalue weighted by atomic mass is 9.78. The van der Waals surface area contributed by atoms with E-state index in [4.69, 9.17) is 42.6 Å². The Morgan fingerprint density at radius 1 is 0.438 bits per heavy atom. The van der Waals surface area contributed by atoms with Gasteiger partial charge < -0.3 is 42.6 Å². The number of esters is 9. The molecule has 6 bridgehead atoms. The van der Waals surface area contributed by atoms with Gasteiger partial charge in [0.2, 0.25) is 0 Å². The second-order valence-electron chi connectivity index (χ2n) is 28.0. The highest BCUT2D eigenvalue weighted by Crippen LogP contribution is 2.62. The maximum atomic E-state index is 13.0. The van der Waals surface area contributed by atoms with Crippen LogP contribution >= 0.6 is 0 Å². The molecular weight excluding hydrogens is 1030 g/mol. The largest absolute Gasteiger partial charge is 0.462 e. The predicted molar refractivity (Wildman–Crippen MR) is 282 cm³/mol. The summed E-state index contributed by atoms with van der Waals surface area (Å²) >= 11 is 0. The molecule has 0 aromatic heterocycles. The van der Waals surface area contributed by atoms with E-state index in [0.29, 0.717) is 38.5 Å². The second kappa shape index (κ2) is 22.1. The van der Waals surface area contributed by atoms with Crippen molar-refractivity contribution in [1.29, 1.82) is 0 Å². The molecule has 3 aliphatic heterocycles. The fraction of sp³-hybridized carbons (Fsp3) is 0.855. The van der Waals surface area contributed by atoms with E-state index in [0.717, 1.165) is 77.0 Å². The molecule has 18 unspecified atom stereocenters. The lowest BCUT2D eigenvalue weighted by Crippen LogP contribution is -2.46. The first-order valence-electron chi connectivity index (χ1n) is 30.7. The fourth-order valence-corrected chi connectivity index (χ4v) is 15.9.